The van der Waals surface area contributed by atoms with E-state index in [-0.39, 0.29) is 16.6 Å². The zero-order valence-electron chi connectivity index (χ0n) is 13.9. The van der Waals surface area contributed by atoms with Crippen molar-refractivity contribution in [3.8, 4) is 0 Å². The molecule has 0 bridgehead atoms. The molecule has 0 radical (unpaired) electrons. The number of rotatable bonds is 5. The molecule has 2 aromatic carbocycles. The van der Waals surface area contributed by atoms with Gasteiger partial charge in [-0.25, -0.2) is 21.9 Å². The lowest BCUT2D eigenvalue weighted by Gasteiger charge is -2.12. The highest BCUT2D eigenvalue weighted by atomic mass is 32.2. The monoisotopic (exact) mass is 368 g/mol. The number of nitrogens with one attached hydrogen (secondary N) is 2. The zero-order valence-corrected chi connectivity index (χ0v) is 14.7. The van der Waals surface area contributed by atoms with Gasteiger partial charge >= 0.3 is 0 Å². The second kappa shape index (κ2) is 7.28. The summed E-state index contributed by atoms with van der Waals surface area (Å²) in [6.07, 6.45) is 0. The Bertz CT molecular complexity index is 912. The van der Waals surface area contributed by atoms with Crippen LogP contribution in [-0.2, 0) is 10.0 Å². The van der Waals surface area contributed by atoms with Crippen molar-refractivity contribution in [1.82, 2.24) is 4.72 Å². The first-order valence-electron chi connectivity index (χ1n) is 7.49. The second-order valence-corrected chi connectivity index (χ2v) is 7.55. The van der Waals surface area contributed by atoms with E-state index in [1.165, 1.54) is 12.1 Å². The SMILES string of the molecule is Cc1ccc(NC(=O)c2cc(S(=O)(=O)NC(C)C)ccc2F)cc1F. The van der Waals surface area contributed by atoms with Crippen molar-refractivity contribution < 1.29 is 22.0 Å². The van der Waals surface area contributed by atoms with E-state index in [2.05, 4.69) is 10.0 Å². The largest absolute Gasteiger partial charge is 0.322 e. The fourth-order valence-corrected chi connectivity index (χ4v) is 3.37. The zero-order chi connectivity index (χ0) is 18.8. The summed E-state index contributed by atoms with van der Waals surface area (Å²) in [6, 6.07) is 6.60. The maximum Gasteiger partial charge on any atom is 0.258 e. The molecule has 0 atom stereocenters. The van der Waals surface area contributed by atoms with Crippen molar-refractivity contribution in [2.75, 3.05) is 5.32 Å². The fraction of sp³-hybridized carbons (Fsp3) is 0.235. The number of benzene rings is 2. The summed E-state index contributed by atoms with van der Waals surface area (Å²) in [6.45, 7) is 4.85. The summed E-state index contributed by atoms with van der Waals surface area (Å²) >= 11 is 0. The van der Waals surface area contributed by atoms with Crippen molar-refractivity contribution in [3.05, 3.63) is 59.2 Å². The van der Waals surface area contributed by atoms with Gasteiger partial charge in [0.15, 0.2) is 0 Å². The van der Waals surface area contributed by atoms with Crippen LogP contribution in [0.2, 0.25) is 0 Å². The molecule has 0 spiro atoms. The smallest absolute Gasteiger partial charge is 0.258 e. The van der Waals surface area contributed by atoms with Crippen molar-refractivity contribution in [1.29, 1.82) is 0 Å². The van der Waals surface area contributed by atoms with Crippen LogP contribution >= 0.6 is 0 Å². The van der Waals surface area contributed by atoms with Gasteiger partial charge in [0.1, 0.15) is 11.6 Å². The summed E-state index contributed by atoms with van der Waals surface area (Å²) in [5.74, 6) is -2.27. The summed E-state index contributed by atoms with van der Waals surface area (Å²) in [5.41, 5.74) is 0.0886. The third kappa shape index (κ3) is 4.61. The van der Waals surface area contributed by atoms with E-state index in [1.807, 2.05) is 0 Å². The van der Waals surface area contributed by atoms with Crippen LogP contribution in [0.3, 0.4) is 0 Å². The van der Waals surface area contributed by atoms with Crippen LogP contribution in [0, 0.1) is 18.6 Å². The standard InChI is InChI=1S/C17H18F2N2O3S/c1-10(2)21-25(23,24)13-6-7-15(18)14(9-13)17(22)20-12-5-4-11(3)16(19)8-12/h4-10,21H,1-3H3,(H,20,22). The Morgan fingerprint density at radius 3 is 2.32 bits per heavy atom. The number of hydrogen-bond acceptors (Lipinski definition) is 3. The van der Waals surface area contributed by atoms with Gasteiger partial charge < -0.3 is 5.32 Å². The molecule has 0 aliphatic heterocycles. The molecule has 0 heterocycles. The van der Waals surface area contributed by atoms with Gasteiger partial charge in [-0.05, 0) is 56.7 Å². The molecule has 0 aliphatic carbocycles. The third-order valence-corrected chi connectivity index (χ3v) is 4.97. The lowest BCUT2D eigenvalue weighted by atomic mass is 10.1. The molecule has 2 rings (SSSR count). The fourth-order valence-electron chi connectivity index (χ4n) is 2.09. The van der Waals surface area contributed by atoms with Crippen LogP contribution in [0.4, 0.5) is 14.5 Å². The molecule has 0 saturated heterocycles. The Morgan fingerprint density at radius 1 is 1.04 bits per heavy atom. The van der Waals surface area contributed by atoms with Gasteiger partial charge in [-0.1, -0.05) is 6.07 Å². The minimum absolute atomic E-state index is 0.140. The van der Waals surface area contributed by atoms with Gasteiger partial charge in [0.05, 0.1) is 10.5 Å². The minimum Gasteiger partial charge on any atom is -0.322 e. The molecule has 25 heavy (non-hydrogen) atoms. The number of hydrogen-bond donors (Lipinski definition) is 2. The predicted molar refractivity (Wildman–Crippen MR) is 90.9 cm³/mol. The Hall–Kier alpha value is -2.32. The van der Waals surface area contributed by atoms with Gasteiger partial charge in [0.2, 0.25) is 10.0 Å². The molecule has 2 aromatic rings. The van der Waals surface area contributed by atoms with E-state index in [9.17, 15) is 22.0 Å². The number of carbonyl (C=O) groups excluding carboxylic acids is 1. The Balaban J connectivity index is 2.33. The quantitative estimate of drug-likeness (QED) is 0.851. The normalized spacial score (nSPS) is 11.6. The van der Waals surface area contributed by atoms with E-state index in [0.29, 0.717) is 5.56 Å². The Labute approximate surface area is 145 Å². The Morgan fingerprint density at radius 2 is 1.72 bits per heavy atom. The van der Waals surface area contributed by atoms with Crippen LogP contribution in [-0.4, -0.2) is 20.4 Å². The van der Waals surface area contributed by atoms with Gasteiger partial charge in [0.25, 0.3) is 5.91 Å². The van der Waals surface area contributed by atoms with Gasteiger partial charge in [-0.3, -0.25) is 4.79 Å². The second-order valence-electron chi connectivity index (χ2n) is 5.84. The molecule has 0 aliphatic rings. The molecule has 8 heteroatoms. The van der Waals surface area contributed by atoms with E-state index < -0.39 is 33.1 Å². The first-order chi connectivity index (χ1) is 11.6. The number of aryl methyl sites for hydroxylation is 1. The summed E-state index contributed by atoms with van der Waals surface area (Å²) < 4.78 is 54.2. The average Bonchev–Trinajstić information content (AvgIpc) is 2.49. The highest BCUT2D eigenvalue weighted by Gasteiger charge is 2.20. The molecule has 0 fully saturated rings. The predicted octanol–water partition coefficient (Wildman–Crippen LogP) is 3.21. The van der Waals surface area contributed by atoms with Crippen LogP contribution in [0.15, 0.2) is 41.3 Å². The topological polar surface area (TPSA) is 75.3 Å². The first kappa shape index (κ1) is 19.0. The molecule has 2 N–H and O–H groups in total. The highest BCUT2D eigenvalue weighted by Crippen LogP contribution is 2.19. The van der Waals surface area contributed by atoms with Crippen molar-refractivity contribution in [2.24, 2.45) is 0 Å². The summed E-state index contributed by atoms with van der Waals surface area (Å²) in [4.78, 5) is 12.0. The van der Waals surface area contributed by atoms with E-state index in [1.54, 1.807) is 20.8 Å². The molecule has 0 saturated carbocycles. The summed E-state index contributed by atoms with van der Waals surface area (Å²) in [5, 5.41) is 2.35. The molecule has 0 aromatic heterocycles. The van der Waals surface area contributed by atoms with Gasteiger partial charge in [0, 0.05) is 11.7 Å². The van der Waals surface area contributed by atoms with Crippen LogP contribution < -0.4 is 10.0 Å². The minimum atomic E-state index is -3.87. The van der Waals surface area contributed by atoms with Crippen molar-refractivity contribution in [3.63, 3.8) is 0 Å². The number of amides is 1. The molecule has 0 unspecified atom stereocenters. The van der Waals surface area contributed by atoms with Crippen LogP contribution in [0.1, 0.15) is 29.8 Å². The molecule has 1 amide bonds. The van der Waals surface area contributed by atoms with E-state index in [4.69, 9.17) is 0 Å². The van der Waals surface area contributed by atoms with Gasteiger partial charge in [-0.15, -0.1) is 0 Å². The maximum atomic E-state index is 14.0. The van der Waals surface area contributed by atoms with Crippen molar-refractivity contribution >= 4 is 21.6 Å². The lowest BCUT2D eigenvalue weighted by Crippen LogP contribution is -2.30. The average molecular weight is 368 g/mol. The molecular formula is C17H18F2N2O3S. The number of halogens is 2. The molecule has 5 nitrogen and oxygen atoms in total. The first-order valence-corrected chi connectivity index (χ1v) is 8.98. The number of carbonyl (C=O) groups is 1. The van der Waals surface area contributed by atoms with Crippen molar-refractivity contribution in [2.45, 2.75) is 31.7 Å². The molecule has 134 valence electrons. The van der Waals surface area contributed by atoms with Crippen LogP contribution in [0.5, 0.6) is 0 Å². The van der Waals surface area contributed by atoms with Crippen LogP contribution in [0.25, 0.3) is 0 Å². The van der Waals surface area contributed by atoms with Gasteiger partial charge in [-0.2, -0.15) is 0 Å². The highest BCUT2D eigenvalue weighted by molar-refractivity contribution is 7.89. The number of anilines is 1. The Kier molecular flexibility index (Phi) is 5.54. The lowest BCUT2D eigenvalue weighted by molar-refractivity contribution is 0.102. The summed E-state index contributed by atoms with van der Waals surface area (Å²) in [7, 11) is -3.87. The van der Waals surface area contributed by atoms with E-state index >= 15 is 0 Å². The maximum absolute atomic E-state index is 14.0. The van der Waals surface area contributed by atoms with E-state index in [0.717, 1.165) is 24.3 Å². The molecular weight excluding hydrogens is 350 g/mol. The third-order valence-electron chi connectivity index (χ3n) is 3.31. The number of sulfonamides is 1.